The highest BCUT2D eigenvalue weighted by molar-refractivity contribution is 7.10. The Morgan fingerprint density at radius 2 is 2.15 bits per heavy atom. The van der Waals surface area contributed by atoms with Crippen molar-refractivity contribution in [2.75, 3.05) is 19.6 Å². The molecule has 6 heteroatoms. The molecule has 2 N–H and O–H groups in total. The first-order chi connectivity index (χ1) is 9.04. The molecule has 114 valence electrons. The summed E-state index contributed by atoms with van der Waals surface area (Å²) in [5.41, 5.74) is 0. The molecule has 20 heavy (non-hydrogen) atoms. The molecule has 0 aliphatic carbocycles. The van der Waals surface area contributed by atoms with Crippen molar-refractivity contribution in [3.05, 3.63) is 22.4 Å². The lowest BCUT2D eigenvalue weighted by atomic mass is 10.1. The van der Waals surface area contributed by atoms with Gasteiger partial charge in [-0.2, -0.15) is 0 Å². The first-order valence-electron chi connectivity index (χ1n) is 6.85. The molecule has 1 aliphatic rings. The van der Waals surface area contributed by atoms with Crippen LogP contribution in [0.15, 0.2) is 17.5 Å². The molecule has 4 nitrogen and oxygen atoms in total. The molecule has 1 fully saturated rings. The van der Waals surface area contributed by atoms with E-state index >= 15 is 0 Å². The van der Waals surface area contributed by atoms with Gasteiger partial charge in [-0.1, -0.05) is 6.07 Å². The number of carbonyl (C=O) groups is 1. The molecule has 1 aromatic rings. The topological polar surface area (TPSA) is 44.4 Å². The van der Waals surface area contributed by atoms with Crippen LogP contribution in [0.5, 0.6) is 0 Å². The average Bonchev–Trinajstić information content (AvgIpc) is 2.80. The summed E-state index contributed by atoms with van der Waals surface area (Å²) in [5.74, 6) is 0.113. The van der Waals surface area contributed by atoms with Gasteiger partial charge in [-0.25, -0.2) is 0 Å². The van der Waals surface area contributed by atoms with Crippen LogP contribution in [0.1, 0.15) is 31.7 Å². The first kappa shape index (κ1) is 17.4. The number of carbonyl (C=O) groups excluding carboxylic acids is 1. The van der Waals surface area contributed by atoms with Gasteiger partial charge in [-0.15, -0.1) is 23.7 Å². The number of nitrogens with zero attached hydrogens (tertiary/aromatic N) is 1. The van der Waals surface area contributed by atoms with Crippen LogP contribution < -0.4 is 10.6 Å². The number of hydrogen-bond donors (Lipinski definition) is 2. The summed E-state index contributed by atoms with van der Waals surface area (Å²) in [4.78, 5) is 15.5. The highest BCUT2D eigenvalue weighted by Gasteiger charge is 2.23. The molecule has 0 saturated carbocycles. The van der Waals surface area contributed by atoms with Gasteiger partial charge < -0.3 is 10.6 Å². The standard InChI is InChI=1S/C14H23N3OS.ClH/c1-10-7-17(8-11(2)15-10)9-14(18)16-12(3)13-5-4-6-19-13;/h4-6,10-12,15H,7-9H2,1-3H3,(H,16,18);1H. The Bertz CT molecular complexity index is 403. The van der Waals surface area contributed by atoms with Gasteiger partial charge in [0.15, 0.2) is 0 Å². The van der Waals surface area contributed by atoms with Crippen molar-refractivity contribution in [2.45, 2.75) is 38.9 Å². The average molecular weight is 318 g/mol. The second-order valence-electron chi connectivity index (χ2n) is 5.47. The Morgan fingerprint density at radius 1 is 1.50 bits per heavy atom. The van der Waals surface area contributed by atoms with Gasteiger partial charge in [0.25, 0.3) is 0 Å². The van der Waals surface area contributed by atoms with E-state index < -0.39 is 0 Å². The summed E-state index contributed by atoms with van der Waals surface area (Å²) in [6.07, 6.45) is 0. The third kappa shape index (κ3) is 5.05. The van der Waals surface area contributed by atoms with E-state index in [4.69, 9.17) is 0 Å². The molecule has 1 amide bonds. The van der Waals surface area contributed by atoms with Crippen molar-refractivity contribution in [1.82, 2.24) is 15.5 Å². The zero-order chi connectivity index (χ0) is 13.8. The first-order valence-corrected chi connectivity index (χ1v) is 7.73. The third-order valence-electron chi connectivity index (χ3n) is 3.35. The van der Waals surface area contributed by atoms with Gasteiger partial charge in [0.1, 0.15) is 0 Å². The predicted molar refractivity (Wildman–Crippen MR) is 86.6 cm³/mol. The van der Waals surface area contributed by atoms with Crippen molar-refractivity contribution in [3.63, 3.8) is 0 Å². The maximum absolute atomic E-state index is 12.1. The maximum Gasteiger partial charge on any atom is 0.234 e. The number of piperazine rings is 1. The zero-order valence-corrected chi connectivity index (χ0v) is 13.9. The summed E-state index contributed by atoms with van der Waals surface area (Å²) in [5, 5.41) is 8.58. The summed E-state index contributed by atoms with van der Waals surface area (Å²) in [6.45, 7) is 8.72. The van der Waals surface area contributed by atoms with Crippen LogP contribution in [-0.4, -0.2) is 42.5 Å². The smallest absolute Gasteiger partial charge is 0.234 e. The van der Waals surface area contributed by atoms with Crippen LogP contribution in [0.2, 0.25) is 0 Å². The summed E-state index contributed by atoms with van der Waals surface area (Å²) >= 11 is 1.68. The van der Waals surface area contributed by atoms with Crippen LogP contribution in [0, 0.1) is 0 Å². The number of nitrogens with one attached hydrogen (secondary N) is 2. The van der Waals surface area contributed by atoms with E-state index in [1.165, 1.54) is 4.88 Å². The van der Waals surface area contributed by atoms with Gasteiger partial charge in [-0.3, -0.25) is 9.69 Å². The molecular formula is C14H24ClN3OS. The fraction of sp³-hybridized carbons (Fsp3) is 0.643. The number of amides is 1. The Labute approximate surface area is 131 Å². The Kier molecular flexibility index (Phi) is 6.95. The van der Waals surface area contributed by atoms with Gasteiger partial charge in [0.2, 0.25) is 5.91 Å². The third-order valence-corrected chi connectivity index (χ3v) is 4.40. The molecule has 1 aliphatic heterocycles. The van der Waals surface area contributed by atoms with Crippen LogP contribution in [0.25, 0.3) is 0 Å². The van der Waals surface area contributed by atoms with Crippen LogP contribution >= 0.6 is 23.7 Å². The molecule has 3 unspecified atom stereocenters. The fourth-order valence-electron chi connectivity index (χ4n) is 2.67. The molecule has 0 bridgehead atoms. The second kappa shape index (κ2) is 7.98. The highest BCUT2D eigenvalue weighted by Crippen LogP contribution is 2.17. The van der Waals surface area contributed by atoms with Crippen molar-refractivity contribution < 1.29 is 4.79 Å². The lowest BCUT2D eigenvalue weighted by Crippen LogP contribution is -2.56. The maximum atomic E-state index is 12.1. The monoisotopic (exact) mass is 317 g/mol. The number of thiophene rings is 1. The summed E-state index contributed by atoms with van der Waals surface area (Å²) in [7, 11) is 0. The molecule has 3 atom stereocenters. The van der Waals surface area contributed by atoms with E-state index in [-0.39, 0.29) is 24.4 Å². The van der Waals surface area contributed by atoms with E-state index in [1.807, 2.05) is 18.4 Å². The minimum absolute atomic E-state index is 0. The number of halogens is 1. The summed E-state index contributed by atoms with van der Waals surface area (Å²) in [6, 6.07) is 5.08. The molecule has 1 aromatic heterocycles. The van der Waals surface area contributed by atoms with Crippen molar-refractivity contribution in [1.29, 1.82) is 0 Å². The van der Waals surface area contributed by atoms with Crippen molar-refractivity contribution in [3.8, 4) is 0 Å². The van der Waals surface area contributed by atoms with Crippen LogP contribution in [0.4, 0.5) is 0 Å². The van der Waals surface area contributed by atoms with Crippen molar-refractivity contribution in [2.24, 2.45) is 0 Å². The molecule has 2 rings (SSSR count). The van der Waals surface area contributed by atoms with Gasteiger partial charge in [0, 0.05) is 30.1 Å². The highest BCUT2D eigenvalue weighted by atomic mass is 35.5. The molecule has 0 spiro atoms. The van der Waals surface area contributed by atoms with Crippen molar-refractivity contribution >= 4 is 29.7 Å². The Morgan fingerprint density at radius 3 is 2.70 bits per heavy atom. The molecule has 0 aromatic carbocycles. The van der Waals surface area contributed by atoms with Crippen LogP contribution in [-0.2, 0) is 4.79 Å². The molecule has 0 radical (unpaired) electrons. The molecular weight excluding hydrogens is 294 g/mol. The summed E-state index contributed by atoms with van der Waals surface area (Å²) < 4.78 is 0. The predicted octanol–water partition coefficient (Wildman–Crippen LogP) is 2.03. The van der Waals surface area contributed by atoms with E-state index in [2.05, 4.69) is 35.4 Å². The minimum Gasteiger partial charge on any atom is -0.348 e. The van der Waals surface area contributed by atoms with Gasteiger partial charge in [-0.05, 0) is 32.2 Å². The van der Waals surface area contributed by atoms with E-state index in [0.717, 1.165) is 13.1 Å². The van der Waals surface area contributed by atoms with E-state index in [1.54, 1.807) is 11.3 Å². The zero-order valence-electron chi connectivity index (χ0n) is 12.3. The fourth-order valence-corrected chi connectivity index (χ4v) is 3.40. The van der Waals surface area contributed by atoms with E-state index in [9.17, 15) is 4.79 Å². The second-order valence-corrected chi connectivity index (χ2v) is 6.45. The quantitative estimate of drug-likeness (QED) is 0.893. The lowest BCUT2D eigenvalue weighted by Gasteiger charge is -2.35. The number of rotatable bonds is 4. The molecule has 1 saturated heterocycles. The largest absolute Gasteiger partial charge is 0.348 e. The van der Waals surface area contributed by atoms with Gasteiger partial charge in [0.05, 0.1) is 12.6 Å². The van der Waals surface area contributed by atoms with Gasteiger partial charge >= 0.3 is 0 Å². The lowest BCUT2D eigenvalue weighted by molar-refractivity contribution is -0.123. The van der Waals surface area contributed by atoms with E-state index in [0.29, 0.717) is 18.6 Å². The van der Waals surface area contributed by atoms with Crippen LogP contribution in [0.3, 0.4) is 0 Å². The minimum atomic E-state index is 0. The Balaban J connectivity index is 0.00000200. The molecule has 2 heterocycles. The SMILES string of the molecule is CC1CN(CC(=O)NC(C)c2cccs2)CC(C)N1.Cl. The normalized spacial score (nSPS) is 24.8. The Hall–Kier alpha value is -0.620. The number of hydrogen-bond acceptors (Lipinski definition) is 4.